The number of ether oxygens (including phenoxy) is 1. The lowest BCUT2D eigenvalue weighted by atomic mass is 10.1. The molecule has 1 aliphatic rings. The van der Waals surface area contributed by atoms with Crippen molar-refractivity contribution in [3.05, 3.63) is 53.6 Å². The van der Waals surface area contributed by atoms with Crippen LogP contribution in [-0.2, 0) is 16.0 Å². The van der Waals surface area contributed by atoms with Gasteiger partial charge in [0.15, 0.2) is 6.61 Å². The number of fused-ring (bicyclic) bond motifs is 1. The average Bonchev–Trinajstić information content (AvgIpc) is 2.51. The van der Waals surface area contributed by atoms with E-state index < -0.39 is 0 Å². The van der Waals surface area contributed by atoms with Gasteiger partial charge in [0.2, 0.25) is 5.91 Å². The van der Waals surface area contributed by atoms with Crippen molar-refractivity contribution >= 4 is 23.2 Å². The maximum absolute atomic E-state index is 12.3. The number of nitrogens with zero attached hydrogens (tertiary/aromatic N) is 1. The summed E-state index contributed by atoms with van der Waals surface area (Å²) in [6.45, 7) is 2.01. The molecule has 0 saturated heterocycles. The Kier molecular flexibility index (Phi) is 4.02. The minimum absolute atomic E-state index is 0.0180. The number of carbonyl (C=O) groups is 2. The van der Waals surface area contributed by atoms with Crippen molar-refractivity contribution in [1.29, 1.82) is 0 Å². The molecule has 0 bridgehead atoms. The number of carbonyl (C=O) groups excluding carboxylic acids is 2. The zero-order chi connectivity index (χ0) is 16.4. The Morgan fingerprint density at radius 3 is 2.83 bits per heavy atom. The fourth-order valence-electron chi connectivity index (χ4n) is 2.65. The summed E-state index contributed by atoms with van der Waals surface area (Å²) in [5.41, 5.74) is 3.25. The van der Waals surface area contributed by atoms with Crippen LogP contribution >= 0.6 is 0 Å². The number of nitrogens with one attached hydrogen (secondary N) is 1. The van der Waals surface area contributed by atoms with E-state index >= 15 is 0 Å². The van der Waals surface area contributed by atoms with Crippen LogP contribution in [0.25, 0.3) is 0 Å². The first-order chi connectivity index (χ1) is 11.0. The van der Waals surface area contributed by atoms with Crippen molar-refractivity contribution in [2.75, 3.05) is 23.9 Å². The molecule has 0 spiro atoms. The summed E-state index contributed by atoms with van der Waals surface area (Å²) in [6, 6.07) is 13.2. The van der Waals surface area contributed by atoms with Gasteiger partial charge in [0.1, 0.15) is 11.4 Å². The number of para-hydroxylation sites is 1. The maximum atomic E-state index is 12.3. The molecular formula is C18H18N2O3. The molecule has 0 unspecified atom stereocenters. The number of anilines is 2. The van der Waals surface area contributed by atoms with Gasteiger partial charge in [0.05, 0.1) is 12.1 Å². The topological polar surface area (TPSA) is 58.6 Å². The molecule has 1 N–H and O–H groups in total. The first-order valence-electron chi connectivity index (χ1n) is 7.42. The highest BCUT2D eigenvalue weighted by Crippen LogP contribution is 2.37. The van der Waals surface area contributed by atoms with Crippen molar-refractivity contribution in [2.24, 2.45) is 0 Å². The van der Waals surface area contributed by atoms with Crippen LogP contribution in [0.3, 0.4) is 0 Å². The lowest BCUT2D eigenvalue weighted by molar-refractivity contribution is -0.121. The van der Waals surface area contributed by atoms with Gasteiger partial charge in [-0.15, -0.1) is 0 Å². The number of likely N-dealkylation sites (N-methyl/N-ethyl adjacent to an activating group) is 1. The van der Waals surface area contributed by atoms with E-state index in [2.05, 4.69) is 5.32 Å². The van der Waals surface area contributed by atoms with E-state index in [1.165, 1.54) is 4.90 Å². The summed E-state index contributed by atoms with van der Waals surface area (Å²) in [4.78, 5) is 25.6. The molecule has 0 saturated carbocycles. The molecule has 5 nitrogen and oxygen atoms in total. The zero-order valence-corrected chi connectivity index (χ0v) is 13.1. The van der Waals surface area contributed by atoms with Crippen LogP contribution in [0.2, 0.25) is 0 Å². The molecule has 1 heterocycles. The molecular weight excluding hydrogens is 292 g/mol. The van der Waals surface area contributed by atoms with E-state index in [4.69, 9.17) is 4.74 Å². The SMILES string of the molecule is Cc1cccc(CC(=O)Nc2cccc3c2N(C)C(=O)CO3)c1. The first kappa shape index (κ1) is 15.1. The van der Waals surface area contributed by atoms with Gasteiger partial charge in [-0.2, -0.15) is 0 Å². The Hall–Kier alpha value is -2.82. The molecule has 118 valence electrons. The molecule has 23 heavy (non-hydrogen) atoms. The van der Waals surface area contributed by atoms with Gasteiger partial charge < -0.3 is 15.0 Å². The fourth-order valence-corrected chi connectivity index (χ4v) is 2.65. The van der Waals surface area contributed by atoms with Gasteiger partial charge in [-0.1, -0.05) is 35.9 Å². The third kappa shape index (κ3) is 3.18. The standard InChI is InChI=1S/C18H18N2O3/c1-12-5-3-6-13(9-12)10-16(21)19-14-7-4-8-15-18(14)20(2)17(22)11-23-15/h3-9H,10-11H2,1-2H3,(H,19,21). The molecule has 0 aliphatic carbocycles. The largest absolute Gasteiger partial charge is 0.481 e. The Labute approximate surface area is 134 Å². The predicted molar refractivity (Wildman–Crippen MR) is 88.9 cm³/mol. The van der Waals surface area contributed by atoms with E-state index in [1.54, 1.807) is 25.2 Å². The second-order valence-electron chi connectivity index (χ2n) is 5.61. The van der Waals surface area contributed by atoms with Crippen LogP contribution < -0.4 is 15.0 Å². The lowest BCUT2D eigenvalue weighted by Gasteiger charge is -2.28. The Bertz CT molecular complexity index is 771. The minimum Gasteiger partial charge on any atom is -0.481 e. The van der Waals surface area contributed by atoms with Crippen molar-refractivity contribution in [3.63, 3.8) is 0 Å². The van der Waals surface area contributed by atoms with Gasteiger partial charge in [-0.05, 0) is 24.6 Å². The number of benzene rings is 2. The summed E-state index contributed by atoms with van der Waals surface area (Å²) >= 11 is 0. The molecule has 3 rings (SSSR count). The monoisotopic (exact) mass is 310 g/mol. The highest BCUT2D eigenvalue weighted by Gasteiger charge is 2.25. The van der Waals surface area contributed by atoms with E-state index in [0.29, 0.717) is 17.1 Å². The van der Waals surface area contributed by atoms with Gasteiger partial charge in [-0.3, -0.25) is 9.59 Å². The molecule has 2 aromatic rings. The van der Waals surface area contributed by atoms with Gasteiger partial charge in [-0.25, -0.2) is 0 Å². The van der Waals surface area contributed by atoms with Gasteiger partial charge in [0, 0.05) is 7.05 Å². The summed E-state index contributed by atoms with van der Waals surface area (Å²) in [7, 11) is 1.68. The van der Waals surface area contributed by atoms with E-state index in [0.717, 1.165) is 11.1 Å². The summed E-state index contributed by atoms with van der Waals surface area (Å²) in [5, 5.41) is 2.88. The third-order valence-corrected chi connectivity index (χ3v) is 3.78. The molecule has 0 radical (unpaired) electrons. The van der Waals surface area contributed by atoms with Crippen LogP contribution in [0.5, 0.6) is 5.75 Å². The predicted octanol–water partition coefficient (Wildman–Crippen LogP) is 2.53. The summed E-state index contributed by atoms with van der Waals surface area (Å²) in [5.74, 6) is 0.328. The Balaban J connectivity index is 1.81. The van der Waals surface area contributed by atoms with E-state index in [9.17, 15) is 9.59 Å². The van der Waals surface area contributed by atoms with E-state index in [-0.39, 0.29) is 24.8 Å². The molecule has 0 atom stereocenters. The molecule has 0 aromatic heterocycles. The number of aryl methyl sites for hydroxylation is 1. The molecule has 2 aromatic carbocycles. The number of amides is 2. The molecule has 0 fully saturated rings. The lowest BCUT2D eigenvalue weighted by Crippen LogP contribution is -2.36. The van der Waals surface area contributed by atoms with Crippen molar-refractivity contribution in [2.45, 2.75) is 13.3 Å². The first-order valence-corrected chi connectivity index (χ1v) is 7.42. The Morgan fingerprint density at radius 1 is 1.26 bits per heavy atom. The third-order valence-electron chi connectivity index (χ3n) is 3.78. The number of hydrogen-bond acceptors (Lipinski definition) is 3. The molecule has 2 amide bonds. The molecule has 1 aliphatic heterocycles. The van der Waals surface area contributed by atoms with Gasteiger partial charge >= 0.3 is 0 Å². The van der Waals surface area contributed by atoms with Crippen LogP contribution in [-0.4, -0.2) is 25.5 Å². The zero-order valence-electron chi connectivity index (χ0n) is 13.1. The fraction of sp³-hybridized carbons (Fsp3) is 0.222. The number of rotatable bonds is 3. The second kappa shape index (κ2) is 6.12. The van der Waals surface area contributed by atoms with Crippen LogP contribution in [0.1, 0.15) is 11.1 Å². The molecule has 5 heteroatoms. The highest BCUT2D eigenvalue weighted by atomic mass is 16.5. The van der Waals surface area contributed by atoms with Crippen LogP contribution in [0, 0.1) is 6.92 Å². The van der Waals surface area contributed by atoms with Crippen molar-refractivity contribution in [3.8, 4) is 5.75 Å². The van der Waals surface area contributed by atoms with E-state index in [1.807, 2.05) is 31.2 Å². The summed E-state index contributed by atoms with van der Waals surface area (Å²) in [6.07, 6.45) is 0.282. The maximum Gasteiger partial charge on any atom is 0.264 e. The minimum atomic E-state index is -0.141. The highest BCUT2D eigenvalue weighted by molar-refractivity contribution is 6.04. The smallest absolute Gasteiger partial charge is 0.264 e. The number of hydrogen-bond donors (Lipinski definition) is 1. The van der Waals surface area contributed by atoms with Crippen molar-refractivity contribution < 1.29 is 14.3 Å². The second-order valence-corrected chi connectivity index (χ2v) is 5.61. The Morgan fingerprint density at radius 2 is 2.04 bits per heavy atom. The normalized spacial score (nSPS) is 13.3. The van der Waals surface area contributed by atoms with Crippen LogP contribution in [0.4, 0.5) is 11.4 Å². The van der Waals surface area contributed by atoms with Crippen LogP contribution in [0.15, 0.2) is 42.5 Å². The van der Waals surface area contributed by atoms with Gasteiger partial charge in [0.25, 0.3) is 5.91 Å². The quantitative estimate of drug-likeness (QED) is 0.948. The van der Waals surface area contributed by atoms with Crippen molar-refractivity contribution in [1.82, 2.24) is 0 Å². The average molecular weight is 310 g/mol. The summed E-state index contributed by atoms with van der Waals surface area (Å²) < 4.78 is 5.42.